The van der Waals surface area contributed by atoms with Crippen molar-refractivity contribution in [1.82, 2.24) is 5.32 Å². The first kappa shape index (κ1) is 24.5. The molecule has 7 nitrogen and oxygen atoms in total. The van der Waals surface area contributed by atoms with E-state index in [4.69, 9.17) is 9.47 Å². The van der Waals surface area contributed by atoms with Gasteiger partial charge in [0.15, 0.2) is 0 Å². The highest BCUT2D eigenvalue weighted by molar-refractivity contribution is 7.92. The molecule has 0 fully saturated rings. The van der Waals surface area contributed by atoms with Crippen LogP contribution in [-0.2, 0) is 21.2 Å². The third kappa shape index (κ3) is 8.13. The van der Waals surface area contributed by atoms with Crippen LogP contribution in [0.2, 0.25) is 0 Å². The van der Waals surface area contributed by atoms with Gasteiger partial charge < -0.3 is 14.8 Å². The van der Waals surface area contributed by atoms with Crippen LogP contribution in [0, 0.1) is 0 Å². The molecule has 8 heteroatoms. The first-order valence-corrected chi connectivity index (χ1v) is 12.3. The summed E-state index contributed by atoms with van der Waals surface area (Å²) >= 11 is 0. The lowest BCUT2D eigenvalue weighted by atomic mass is 10.1. The Balaban J connectivity index is 1.95. The van der Waals surface area contributed by atoms with E-state index in [1.54, 1.807) is 24.3 Å². The molecule has 0 bridgehead atoms. The third-order valence-electron chi connectivity index (χ3n) is 4.38. The Labute approximate surface area is 185 Å². The molecule has 0 radical (unpaired) electrons. The molecule has 0 saturated carbocycles. The number of aryl methyl sites for hydroxylation is 1. The Morgan fingerprint density at radius 2 is 1.87 bits per heavy atom. The van der Waals surface area contributed by atoms with Crippen molar-refractivity contribution < 1.29 is 22.7 Å². The molecule has 0 atom stereocenters. The van der Waals surface area contributed by atoms with E-state index in [1.165, 1.54) is 0 Å². The predicted octanol–water partition coefficient (Wildman–Crippen LogP) is 3.39. The smallest absolute Gasteiger partial charge is 0.240 e. The van der Waals surface area contributed by atoms with Crippen LogP contribution in [0.1, 0.15) is 32.8 Å². The third-order valence-corrected chi connectivity index (χ3v) is 5.52. The molecule has 0 unspecified atom stereocenters. The molecule has 0 spiro atoms. The monoisotopic (exact) mass is 448 g/mol. The van der Waals surface area contributed by atoms with Crippen molar-refractivity contribution in [2.45, 2.75) is 39.7 Å². The molecule has 0 aliphatic heterocycles. The average molecular weight is 449 g/mol. The molecule has 2 aromatic carbocycles. The molecule has 2 aromatic rings. The molecule has 170 valence electrons. The van der Waals surface area contributed by atoms with E-state index in [1.807, 2.05) is 45.0 Å². The lowest BCUT2D eigenvalue weighted by molar-refractivity contribution is -0.119. The zero-order valence-electron chi connectivity index (χ0n) is 18.6. The van der Waals surface area contributed by atoms with Gasteiger partial charge in [-0.1, -0.05) is 24.3 Å². The Morgan fingerprint density at radius 1 is 1.13 bits per heavy atom. The average Bonchev–Trinajstić information content (AvgIpc) is 2.69. The van der Waals surface area contributed by atoms with Crippen LogP contribution in [0.25, 0.3) is 0 Å². The Morgan fingerprint density at radius 3 is 2.55 bits per heavy atom. The summed E-state index contributed by atoms with van der Waals surface area (Å²) < 4.78 is 37.0. The molecule has 31 heavy (non-hydrogen) atoms. The van der Waals surface area contributed by atoms with Gasteiger partial charge in [0, 0.05) is 12.6 Å². The van der Waals surface area contributed by atoms with Crippen LogP contribution in [0.15, 0.2) is 48.5 Å². The summed E-state index contributed by atoms with van der Waals surface area (Å²) in [7, 11) is -3.64. The number of carbonyl (C=O) groups is 1. The van der Waals surface area contributed by atoms with E-state index >= 15 is 0 Å². The number of hydrogen-bond acceptors (Lipinski definition) is 5. The second kappa shape index (κ2) is 11.6. The first-order valence-electron chi connectivity index (χ1n) is 10.4. The lowest BCUT2D eigenvalue weighted by Crippen LogP contribution is -2.40. The number of ether oxygens (including phenoxy) is 2. The number of hydrogen-bond donors (Lipinski definition) is 1. The van der Waals surface area contributed by atoms with Gasteiger partial charge in [-0.2, -0.15) is 0 Å². The highest BCUT2D eigenvalue weighted by atomic mass is 32.2. The summed E-state index contributed by atoms with van der Waals surface area (Å²) in [5.41, 5.74) is 1.47. The summed E-state index contributed by atoms with van der Waals surface area (Å²) in [5.74, 6) is 1.04. The highest BCUT2D eigenvalue weighted by Crippen LogP contribution is 2.24. The fourth-order valence-corrected chi connectivity index (χ4v) is 3.93. The van der Waals surface area contributed by atoms with E-state index < -0.39 is 10.0 Å². The number of amides is 1. The van der Waals surface area contributed by atoms with Crippen LogP contribution in [0.5, 0.6) is 11.5 Å². The van der Waals surface area contributed by atoms with E-state index in [9.17, 15) is 13.2 Å². The van der Waals surface area contributed by atoms with E-state index in [0.717, 1.165) is 28.3 Å². The lowest BCUT2D eigenvalue weighted by Gasteiger charge is -2.22. The van der Waals surface area contributed by atoms with Crippen molar-refractivity contribution in [2.75, 3.05) is 30.3 Å². The summed E-state index contributed by atoms with van der Waals surface area (Å²) in [6.07, 6.45) is 2.51. The van der Waals surface area contributed by atoms with Crippen molar-refractivity contribution in [1.29, 1.82) is 0 Å². The maximum atomic E-state index is 12.4. The molecule has 1 N–H and O–H groups in total. The van der Waals surface area contributed by atoms with Crippen LogP contribution in [0.4, 0.5) is 5.69 Å². The molecular formula is C23H32N2O5S. The standard InChI is InChI=1S/C23H32N2O5S/c1-5-29-22-14-7-6-10-19(22)11-9-15-24-23(26)17-25(31(4,27)28)20-12-8-13-21(16-20)30-18(2)3/h6-8,10,12-14,16,18H,5,9,11,15,17H2,1-4H3,(H,24,26). The van der Waals surface area contributed by atoms with E-state index in [-0.39, 0.29) is 18.6 Å². The second-order valence-electron chi connectivity index (χ2n) is 7.43. The predicted molar refractivity (Wildman–Crippen MR) is 123 cm³/mol. The Kier molecular flexibility index (Phi) is 9.18. The van der Waals surface area contributed by atoms with Crippen molar-refractivity contribution in [2.24, 2.45) is 0 Å². The largest absolute Gasteiger partial charge is 0.494 e. The van der Waals surface area contributed by atoms with E-state index in [2.05, 4.69) is 5.32 Å². The molecule has 0 aliphatic carbocycles. The van der Waals surface area contributed by atoms with Crippen LogP contribution >= 0.6 is 0 Å². The highest BCUT2D eigenvalue weighted by Gasteiger charge is 2.21. The number of benzene rings is 2. The number of rotatable bonds is 12. The minimum Gasteiger partial charge on any atom is -0.494 e. The zero-order valence-corrected chi connectivity index (χ0v) is 19.4. The maximum absolute atomic E-state index is 12.4. The van der Waals surface area contributed by atoms with Gasteiger partial charge in [0.2, 0.25) is 15.9 Å². The quantitative estimate of drug-likeness (QED) is 0.503. The molecule has 0 heterocycles. The van der Waals surface area contributed by atoms with Crippen molar-refractivity contribution in [3.05, 3.63) is 54.1 Å². The maximum Gasteiger partial charge on any atom is 0.240 e. The normalized spacial score (nSPS) is 11.3. The molecule has 0 saturated heterocycles. The van der Waals surface area contributed by atoms with Crippen molar-refractivity contribution in [3.63, 3.8) is 0 Å². The first-order chi connectivity index (χ1) is 14.7. The van der Waals surface area contributed by atoms with Crippen LogP contribution < -0.4 is 19.1 Å². The van der Waals surface area contributed by atoms with E-state index in [0.29, 0.717) is 31.0 Å². The fourth-order valence-electron chi connectivity index (χ4n) is 3.08. The van der Waals surface area contributed by atoms with Gasteiger partial charge in [0.1, 0.15) is 18.0 Å². The van der Waals surface area contributed by atoms with Crippen LogP contribution in [0.3, 0.4) is 0 Å². The fraction of sp³-hybridized carbons (Fsp3) is 0.435. The van der Waals surface area contributed by atoms with Gasteiger partial charge in [-0.15, -0.1) is 0 Å². The molecule has 0 aromatic heterocycles. The van der Waals surface area contributed by atoms with Gasteiger partial charge in [0.25, 0.3) is 0 Å². The number of nitrogens with one attached hydrogen (secondary N) is 1. The molecule has 2 rings (SSSR count). The SMILES string of the molecule is CCOc1ccccc1CCCNC(=O)CN(c1cccc(OC(C)C)c1)S(C)(=O)=O. The van der Waals surface area contributed by atoms with Crippen LogP contribution in [-0.4, -0.2) is 46.4 Å². The minimum atomic E-state index is -3.64. The number of anilines is 1. The van der Waals surface area contributed by atoms with Gasteiger partial charge in [0.05, 0.1) is 24.7 Å². The Hall–Kier alpha value is -2.74. The molecule has 0 aliphatic rings. The summed E-state index contributed by atoms with van der Waals surface area (Å²) in [6.45, 7) is 6.46. The number of nitrogens with zero attached hydrogens (tertiary/aromatic N) is 1. The number of carbonyl (C=O) groups excluding carboxylic acids is 1. The van der Waals surface area contributed by atoms with Crippen molar-refractivity contribution in [3.8, 4) is 11.5 Å². The zero-order chi connectivity index (χ0) is 22.9. The van der Waals surface area contributed by atoms with Gasteiger partial charge in [-0.3, -0.25) is 9.10 Å². The molecular weight excluding hydrogens is 416 g/mol. The topological polar surface area (TPSA) is 84.9 Å². The minimum absolute atomic E-state index is 0.0434. The van der Waals surface area contributed by atoms with Gasteiger partial charge >= 0.3 is 0 Å². The van der Waals surface area contributed by atoms with Gasteiger partial charge in [-0.05, 0) is 57.4 Å². The summed E-state index contributed by atoms with van der Waals surface area (Å²) in [6, 6.07) is 14.5. The summed E-state index contributed by atoms with van der Waals surface area (Å²) in [4.78, 5) is 12.4. The summed E-state index contributed by atoms with van der Waals surface area (Å²) in [5, 5.41) is 2.81. The molecule has 1 amide bonds. The number of para-hydroxylation sites is 1. The Bertz CT molecular complexity index is 960. The van der Waals surface area contributed by atoms with Crippen molar-refractivity contribution >= 4 is 21.6 Å². The second-order valence-corrected chi connectivity index (χ2v) is 9.33. The number of sulfonamides is 1. The van der Waals surface area contributed by atoms with Gasteiger partial charge in [-0.25, -0.2) is 8.42 Å².